The Hall–Kier alpha value is -5.01. The minimum Gasteiger partial charge on any atom is -0.492 e. The van der Waals surface area contributed by atoms with Crippen LogP contribution in [0.2, 0.25) is 0 Å². The number of pyridine rings is 1. The summed E-state index contributed by atoms with van der Waals surface area (Å²) in [4.78, 5) is 18.9. The summed E-state index contributed by atoms with van der Waals surface area (Å²) in [6.07, 6.45) is 4.53. The van der Waals surface area contributed by atoms with Gasteiger partial charge in [-0.2, -0.15) is 5.26 Å². The van der Waals surface area contributed by atoms with E-state index < -0.39 is 11.6 Å². The number of likely N-dealkylation sites (N-methyl/N-ethyl adjacent to an activating group) is 1. The molecule has 0 unspecified atom stereocenters. The van der Waals surface area contributed by atoms with Crippen LogP contribution < -0.4 is 20.1 Å². The lowest BCUT2D eigenvalue weighted by Crippen LogP contribution is -2.13. The summed E-state index contributed by atoms with van der Waals surface area (Å²) in [7, 11) is 3.78. The van der Waals surface area contributed by atoms with Gasteiger partial charge in [0.25, 0.3) is 0 Å². The molecule has 1 aromatic heterocycles. The molecule has 8 nitrogen and oxygen atoms in total. The molecule has 0 saturated heterocycles. The first-order chi connectivity index (χ1) is 19.3. The molecule has 0 atom stereocenters. The average Bonchev–Trinajstić information content (AvgIpc) is 2.92. The molecule has 0 aliphatic carbocycles. The summed E-state index contributed by atoms with van der Waals surface area (Å²) in [6.45, 7) is 2.76. The van der Waals surface area contributed by atoms with E-state index in [0.29, 0.717) is 46.9 Å². The van der Waals surface area contributed by atoms with E-state index >= 15 is 4.39 Å². The van der Waals surface area contributed by atoms with E-state index in [0.717, 1.165) is 0 Å². The van der Waals surface area contributed by atoms with Crippen molar-refractivity contribution < 1.29 is 23.0 Å². The Labute approximate surface area is 230 Å². The number of hydrogen-bond donors (Lipinski definition) is 2. The molecular weight excluding hydrogens is 516 g/mol. The number of aromatic nitrogens is 1. The zero-order chi connectivity index (χ0) is 28.6. The number of anilines is 3. The van der Waals surface area contributed by atoms with Gasteiger partial charge in [0.2, 0.25) is 5.91 Å². The second kappa shape index (κ2) is 12.7. The van der Waals surface area contributed by atoms with E-state index in [1.165, 1.54) is 48.7 Å². The minimum absolute atomic E-state index is 0.0848. The predicted molar refractivity (Wildman–Crippen MR) is 150 cm³/mol. The maximum absolute atomic E-state index is 15.1. The van der Waals surface area contributed by atoms with Crippen LogP contribution >= 0.6 is 0 Å². The van der Waals surface area contributed by atoms with Crippen molar-refractivity contribution in [3.05, 3.63) is 90.1 Å². The summed E-state index contributed by atoms with van der Waals surface area (Å²) in [5.74, 6) is -0.440. The first-order valence-corrected chi connectivity index (χ1v) is 12.4. The van der Waals surface area contributed by atoms with Gasteiger partial charge in [0.15, 0.2) is 0 Å². The van der Waals surface area contributed by atoms with E-state index in [1.54, 1.807) is 24.3 Å². The molecule has 0 aliphatic rings. The number of fused-ring (bicyclic) bond motifs is 1. The largest absolute Gasteiger partial charge is 0.492 e. The number of rotatable bonds is 10. The van der Waals surface area contributed by atoms with Crippen molar-refractivity contribution >= 4 is 33.9 Å². The lowest BCUT2D eigenvalue weighted by atomic mass is 10.1. The first kappa shape index (κ1) is 28.0. The molecule has 3 aromatic carbocycles. The Morgan fingerprint density at radius 3 is 2.50 bits per heavy atom. The molecule has 4 aromatic rings. The van der Waals surface area contributed by atoms with Gasteiger partial charge in [-0.3, -0.25) is 9.78 Å². The Morgan fingerprint density at radius 1 is 1.07 bits per heavy atom. The van der Waals surface area contributed by atoms with Crippen LogP contribution in [0, 0.1) is 23.0 Å². The molecule has 0 bridgehead atoms. The normalized spacial score (nSPS) is 11.0. The highest BCUT2D eigenvalue weighted by molar-refractivity contribution is 6.04. The highest BCUT2D eigenvalue weighted by Gasteiger charge is 2.16. The molecule has 1 heterocycles. The number of nitriles is 1. The minimum atomic E-state index is -0.640. The van der Waals surface area contributed by atoms with Crippen LogP contribution in [0.4, 0.5) is 25.8 Å². The fourth-order valence-corrected chi connectivity index (χ4v) is 3.79. The van der Waals surface area contributed by atoms with Crippen molar-refractivity contribution in [2.24, 2.45) is 0 Å². The van der Waals surface area contributed by atoms with Gasteiger partial charge in [0.1, 0.15) is 35.0 Å². The number of carbonyl (C=O) groups excluding carboxylic acids is 1. The van der Waals surface area contributed by atoms with E-state index in [-0.39, 0.29) is 22.9 Å². The summed E-state index contributed by atoms with van der Waals surface area (Å²) >= 11 is 0. The summed E-state index contributed by atoms with van der Waals surface area (Å²) < 4.78 is 39.6. The molecule has 0 fully saturated rings. The Kier molecular flexibility index (Phi) is 8.89. The Balaban J connectivity index is 1.68. The fraction of sp³-hybridized carbons (Fsp3) is 0.167. The number of carbonyl (C=O) groups is 1. The first-order valence-electron chi connectivity index (χ1n) is 12.4. The molecule has 4 rings (SSSR count). The second-order valence-electron chi connectivity index (χ2n) is 8.93. The van der Waals surface area contributed by atoms with E-state index in [4.69, 9.17) is 9.47 Å². The summed E-state index contributed by atoms with van der Waals surface area (Å²) in [6, 6.07) is 14.9. The van der Waals surface area contributed by atoms with Crippen LogP contribution in [0.3, 0.4) is 0 Å². The number of benzene rings is 3. The van der Waals surface area contributed by atoms with Crippen molar-refractivity contribution in [2.75, 3.05) is 37.9 Å². The van der Waals surface area contributed by atoms with Crippen molar-refractivity contribution in [3.63, 3.8) is 0 Å². The average molecular weight is 544 g/mol. The van der Waals surface area contributed by atoms with Gasteiger partial charge in [-0.25, -0.2) is 8.78 Å². The Morgan fingerprint density at radius 2 is 1.82 bits per heavy atom. The zero-order valence-electron chi connectivity index (χ0n) is 22.2. The third kappa shape index (κ3) is 6.89. The third-order valence-corrected chi connectivity index (χ3v) is 5.64. The third-order valence-electron chi connectivity index (χ3n) is 5.64. The van der Waals surface area contributed by atoms with Gasteiger partial charge in [-0.1, -0.05) is 6.08 Å². The zero-order valence-corrected chi connectivity index (χ0v) is 22.2. The van der Waals surface area contributed by atoms with Crippen molar-refractivity contribution in [1.82, 2.24) is 9.88 Å². The van der Waals surface area contributed by atoms with E-state index in [2.05, 4.69) is 21.7 Å². The van der Waals surface area contributed by atoms with Gasteiger partial charge < -0.3 is 25.0 Å². The number of halogens is 2. The predicted octanol–water partition coefficient (Wildman–Crippen LogP) is 6.38. The standard InChI is InChI=1S/C30H27F2N5O3/c1-4-39-28-16-26-23(15-27(28)35-29(38)6-5-13-37(2)3)30(19(17-33)18-34-26)36-25-12-11-22(14-24(25)32)40-21-9-7-20(31)8-10-21/h5-12,14-16,18H,4,13H2,1-3H3,(H,34,36)(H,35,38)/b6-5+. The highest BCUT2D eigenvalue weighted by atomic mass is 19.1. The number of amides is 1. The van der Waals surface area contributed by atoms with Crippen LogP contribution in [-0.2, 0) is 4.79 Å². The molecule has 204 valence electrons. The molecule has 0 spiro atoms. The van der Waals surface area contributed by atoms with Gasteiger partial charge in [-0.15, -0.1) is 0 Å². The van der Waals surface area contributed by atoms with E-state index in [9.17, 15) is 14.4 Å². The maximum atomic E-state index is 15.1. The smallest absolute Gasteiger partial charge is 0.248 e. The molecule has 2 N–H and O–H groups in total. The molecule has 0 radical (unpaired) electrons. The van der Waals surface area contributed by atoms with Gasteiger partial charge in [0.05, 0.1) is 34.7 Å². The highest BCUT2D eigenvalue weighted by Crippen LogP contribution is 2.37. The molecule has 0 aliphatic heterocycles. The molecule has 40 heavy (non-hydrogen) atoms. The summed E-state index contributed by atoms with van der Waals surface area (Å²) in [5.41, 5.74) is 1.41. The van der Waals surface area contributed by atoms with Crippen LogP contribution in [0.15, 0.2) is 72.9 Å². The van der Waals surface area contributed by atoms with Crippen molar-refractivity contribution in [3.8, 4) is 23.3 Å². The SMILES string of the molecule is CCOc1cc2ncc(C#N)c(Nc3ccc(Oc4ccc(F)cc4)cc3F)c2cc1NC(=O)/C=C/CN(C)C. The number of ether oxygens (including phenoxy) is 2. The molecule has 10 heteroatoms. The topological polar surface area (TPSA) is 99.5 Å². The van der Waals surface area contributed by atoms with Crippen molar-refractivity contribution in [2.45, 2.75) is 6.92 Å². The lowest BCUT2D eigenvalue weighted by Gasteiger charge is -2.16. The second-order valence-corrected chi connectivity index (χ2v) is 8.93. The van der Waals surface area contributed by atoms with Crippen LogP contribution in [-0.4, -0.2) is 43.0 Å². The maximum Gasteiger partial charge on any atom is 0.248 e. The van der Waals surface area contributed by atoms with Gasteiger partial charge in [0, 0.05) is 36.3 Å². The Bertz CT molecular complexity index is 1600. The van der Waals surface area contributed by atoms with Crippen LogP contribution in [0.1, 0.15) is 12.5 Å². The number of nitrogens with zero attached hydrogens (tertiary/aromatic N) is 3. The number of hydrogen-bond acceptors (Lipinski definition) is 7. The number of nitrogens with one attached hydrogen (secondary N) is 2. The quantitative estimate of drug-likeness (QED) is 0.224. The molecule has 0 saturated carbocycles. The van der Waals surface area contributed by atoms with Gasteiger partial charge >= 0.3 is 0 Å². The lowest BCUT2D eigenvalue weighted by molar-refractivity contribution is -0.111. The van der Waals surface area contributed by atoms with Crippen LogP contribution in [0.25, 0.3) is 10.9 Å². The molecule has 1 amide bonds. The van der Waals surface area contributed by atoms with Crippen molar-refractivity contribution in [1.29, 1.82) is 5.26 Å². The molecular formula is C30H27F2N5O3. The van der Waals surface area contributed by atoms with Crippen LogP contribution in [0.5, 0.6) is 17.2 Å². The van der Waals surface area contributed by atoms with Gasteiger partial charge in [-0.05, 0) is 63.5 Å². The monoisotopic (exact) mass is 543 g/mol. The fourth-order valence-electron chi connectivity index (χ4n) is 3.79. The van der Waals surface area contributed by atoms with E-state index in [1.807, 2.05) is 25.9 Å². The summed E-state index contributed by atoms with van der Waals surface area (Å²) in [5, 5.41) is 16.1.